The molecule has 0 radical (unpaired) electrons. The summed E-state index contributed by atoms with van der Waals surface area (Å²) in [6.07, 6.45) is -0.0214. The lowest BCUT2D eigenvalue weighted by Crippen LogP contribution is -2.51. The lowest BCUT2D eigenvalue weighted by atomic mass is 9.57. The molecule has 3 rings (SSSR count). The predicted molar refractivity (Wildman–Crippen MR) is 158 cm³/mol. The van der Waals surface area contributed by atoms with Gasteiger partial charge in [0.1, 0.15) is 23.3 Å². The summed E-state index contributed by atoms with van der Waals surface area (Å²) >= 11 is 6.82. The SMILES string of the molecule is CCOC(=O)C(C)(C)CC(C)(C(=O)OCC1CO1)C(C)(C)CC(C)(Cl)C(=O)Oc1ccc(C(=O)c2ccccc2)cc1. The molecule has 3 atom stereocenters. The Morgan fingerprint density at radius 2 is 1.38 bits per heavy atom. The Balaban J connectivity index is 1.78. The summed E-state index contributed by atoms with van der Waals surface area (Å²) in [6.45, 7) is 12.9. The number of carbonyl (C=O) groups excluding carboxylic acids is 4. The van der Waals surface area contributed by atoms with Crippen LogP contribution in [-0.4, -0.2) is 54.5 Å². The van der Waals surface area contributed by atoms with Gasteiger partial charge in [-0.25, -0.2) is 4.79 Å². The summed E-state index contributed by atoms with van der Waals surface area (Å²) in [4.78, 5) is 50.9. The van der Waals surface area contributed by atoms with Gasteiger partial charge in [-0.15, -0.1) is 11.6 Å². The van der Waals surface area contributed by atoms with E-state index in [1.165, 1.54) is 19.1 Å². The smallest absolute Gasteiger partial charge is 0.332 e. The Labute approximate surface area is 253 Å². The van der Waals surface area contributed by atoms with E-state index in [1.54, 1.807) is 64.1 Å². The van der Waals surface area contributed by atoms with Crippen molar-refractivity contribution in [3.63, 3.8) is 0 Å². The molecule has 0 saturated carbocycles. The number of esters is 3. The van der Waals surface area contributed by atoms with Crippen molar-refractivity contribution in [2.45, 2.75) is 72.3 Å². The standard InChI is InChI=1S/C33H41ClO8/c1-8-39-27(36)30(2,3)20-32(6,28(37)41-19-25-18-40-25)31(4,5)21-33(7,34)29(38)42-24-16-14-23(15-17-24)26(35)22-12-10-9-11-13-22/h9-17,25H,8,18-21H2,1-7H3. The average molecular weight is 601 g/mol. The van der Waals surface area contributed by atoms with Crippen molar-refractivity contribution in [3.05, 3.63) is 65.7 Å². The molecular formula is C33H41ClO8. The van der Waals surface area contributed by atoms with E-state index in [2.05, 4.69) is 0 Å². The molecule has 9 heteroatoms. The number of benzene rings is 2. The van der Waals surface area contributed by atoms with E-state index in [9.17, 15) is 19.2 Å². The minimum absolute atomic E-state index is 0.0232. The Morgan fingerprint density at radius 1 is 0.810 bits per heavy atom. The van der Waals surface area contributed by atoms with Gasteiger partial charge in [0.05, 0.1) is 24.0 Å². The molecule has 0 bridgehead atoms. The highest BCUT2D eigenvalue weighted by atomic mass is 35.5. The van der Waals surface area contributed by atoms with Gasteiger partial charge in [0, 0.05) is 11.1 Å². The molecule has 0 spiro atoms. The molecule has 3 unspecified atom stereocenters. The quantitative estimate of drug-likeness (QED) is 0.0833. The van der Waals surface area contributed by atoms with Crippen LogP contribution in [0, 0.1) is 16.2 Å². The number of carbonyl (C=O) groups is 4. The minimum atomic E-state index is -1.54. The van der Waals surface area contributed by atoms with Crippen molar-refractivity contribution in [2.24, 2.45) is 16.2 Å². The molecular weight excluding hydrogens is 560 g/mol. The zero-order valence-corrected chi connectivity index (χ0v) is 26.2. The Morgan fingerprint density at radius 3 is 1.93 bits per heavy atom. The van der Waals surface area contributed by atoms with Gasteiger partial charge in [0.2, 0.25) is 0 Å². The number of ether oxygens (including phenoxy) is 4. The number of alkyl halides is 1. The highest BCUT2D eigenvalue weighted by Crippen LogP contribution is 2.53. The first-order chi connectivity index (χ1) is 19.5. The van der Waals surface area contributed by atoms with E-state index >= 15 is 0 Å². The molecule has 1 fully saturated rings. The third-order valence-corrected chi connectivity index (χ3v) is 8.22. The van der Waals surface area contributed by atoms with E-state index < -0.39 is 39.0 Å². The van der Waals surface area contributed by atoms with Crippen LogP contribution >= 0.6 is 11.6 Å². The van der Waals surface area contributed by atoms with Gasteiger partial charge in [-0.2, -0.15) is 0 Å². The number of hydrogen-bond acceptors (Lipinski definition) is 8. The van der Waals surface area contributed by atoms with Gasteiger partial charge >= 0.3 is 17.9 Å². The van der Waals surface area contributed by atoms with Crippen LogP contribution in [0.25, 0.3) is 0 Å². The highest BCUT2D eigenvalue weighted by Gasteiger charge is 2.56. The van der Waals surface area contributed by atoms with E-state index in [0.29, 0.717) is 17.7 Å². The van der Waals surface area contributed by atoms with Crippen LogP contribution in [0.5, 0.6) is 5.75 Å². The fourth-order valence-electron chi connectivity index (χ4n) is 5.10. The van der Waals surface area contributed by atoms with Crippen LogP contribution in [0.3, 0.4) is 0 Å². The van der Waals surface area contributed by atoms with Crippen LogP contribution in [0.15, 0.2) is 54.6 Å². The Kier molecular flexibility index (Phi) is 10.3. The lowest BCUT2D eigenvalue weighted by Gasteiger charge is -2.47. The molecule has 2 aromatic carbocycles. The van der Waals surface area contributed by atoms with Crippen LogP contribution in [0.2, 0.25) is 0 Å². The topological polar surface area (TPSA) is 109 Å². The number of hydrogen-bond donors (Lipinski definition) is 0. The maximum atomic E-state index is 13.6. The Bertz CT molecular complexity index is 1280. The van der Waals surface area contributed by atoms with Crippen LogP contribution < -0.4 is 4.74 Å². The largest absolute Gasteiger partial charge is 0.466 e. The van der Waals surface area contributed by atoms with E-state index in [4.69, 9.17) is 30.5 Å². The fraction of sp³-hybridized carbons (Fsp3) is 0.515. The maximum Gasteiger partial charge on any atom is 0.332 e. The number of ketones is 1. The second-order valence-corrected chi connectivity index (χ2v) is 13.4. The average Bonchev–Trinajstić information content (AvgIpc) is 3.76. The monoisotopic (exact) mass is 600 g/mol. The maximum absolute atomic E-state index is 13.6. The molecule has 1 aliphatic heterocycles. The van der Waals surface area contributed by atoms with Gasteiger partial charge in [-0.05, 0) is 77.1 Å². The highest BCUT2D eigenvalue weighted by molar-refractivity contribution is 6.34. The lowest BCUT2D eigenvalue weighted by molar-refractivity contribution is -0.172. The summed E-state index contributed by atoms with van der Waals surface area (Å²) in [5.74, 6) is -1.59. The molecule has 1 aliphatic rings. The zero-order chi connectivity index (χ0) is 31.3. The fourth-order valence-corrected chi connectivity index (χ4v) is 5.48. The first kappa shape index (κ1) is 33.3. The molecule has 42 heavy (non-hydrogen) atoms. The summed E-state index contributed by atoms with van der Waals surface area (Å²) in [7, 11) is 0. The third kappa shape index (κ3) is 7.98. The predicted octanol–water partition coefficient (Wildman–Crippen LogP) is 6.16. The van der Waals surface area contributed by atoms with Crippen molar-refractivity contribution in [1.29, 1.82) is 0 Å². The van der Waals surface area contributed by atoms with Crippen molar-refractivity contribution in [1.82, 2.24) is 0 Å². The first-order valence-corrected chi connectivity index (χ1v) is 14.5. The van der Waals surface area contributed by atoms with Gasteiger partial charge in [-0.3, -0.25) is 14.4 Å². The van der Waals surface area contributed by atoms with E-state index in [-0.39, 0.29) is 43.7 Å². The first-order valence-electron chi connectivity index (χ1n) is 14.1. The van der Waals surface area contributed by atoms with E-state index in [1.807, 2.05) is 19.9 Å². The van der Waals surface area contributed by atoms with Gasteiger partial charge in [-0.1, -0.05) is 44.2 Å². The normalized spacial score (nSPS) is 17.8. The summed E-state index contributed by atoms with van der Waals surface area (Å²) in [5, 5.41) is 0. The van der Waals surface area contributed by atoms with E-state index in [0.717, 1.165) is 0 Å². The molecule has 1 saturated heterocycles. The van der Waals surface area contributed by atoms with Crippen molar-refractivity contribution >= 4 is 35.3 Å². The van der Waals surface area contributed by atoms with Gasteiger partial charge < -0.3 is 18.9 Å². The van der Waals surface area contributed by atoms with Crippen molar-refractivity contribution in [2.75, 3.05) is 19.8 Å². The van der Waals surface area contributed by atoms with Crippen LogP contribution in [-0.2, 0) is 28.6 Å². The van der Waals surface area contributed by atoms with Crippen molar-refractivity contribution in [3.8, 4) is 5.75 Å². The molecule has 8 nitrogen and oxygen atoms in total. The van der Waals surface area contributed by atoms with Gasteiger partial charge in [0.25, 0.3) is 0 Å². The third-order valence-electron chi connectivity index (χ3n) is 7.93. The minimum Gasteiger partial charge on any atom is -0.466 e. The zero-order valence-electron chi connectivity index (χ0n) is 25.5. The number of halogens is 1. The summed E-state index contributed by atoms with van der Waals surface area (Å²) < 4.78 is 21.7. The molecule has 0 aromatic heterocycles. The molecule has 228 valence electrons. The van der Waals surface area contributed by atoms with Crippen molar-refractivity contribution < 1.29 is 38.1 Å². The van der Waals surface area contributed by atoms with Gasteiger partial charge in [0.15, 0.2) is 5.78 Å². The second kappa shape index (κ2) is 13.0. The molecule has 2 aromatic rings. The molecule has 0 aliphatic carbocycles. The van der Waals surface area contributed by atoms with Crippen LogP contribution in [0.4, 0.5) is 0 Å². The molecule has 1 heterocycles. The number of rotatable bonds is 14. The summed E-state index contributed by atoms with van der Waals surface area (Å²) in [5.41, 5.74) is -2.21. The summed E-state index contributed by atoms with van der Waals surface area (Å²) in [6, 6.07) is 15.1. The Hall–Kier alpha value is -3.23. The van der Waals surface area contributed by atoms with Crippen LogP contribution in [0.1, 0.15) is 77.2 Å². The molecule has 0 N–H and O–H groups in total. The number of epoxide rings is 1. The second-order valence-electron chi connectivity index (χ2n) is 12.5. The molecule has 0 amide bonds.